The summed E-state index contributed by atoms with van der Waals surface area (Å²) >= 11 is 0. The van der Waals surface area contributed by atoms with Crippen molar-refractivity contribution in [3.8, 4) is 0 Å². The van der Waals surface area contributed by atoms with E-state index in [1.807, 2.05) is 4.90 Å². The molecule has 1 N–H and O–H groups in total. The van der Waals surface area contributed by atoms with Crippen LogP contribution in [-0.4, -0.2) is 74.1 Å². The Morgan fingerprint density at radius 3 is 2.80 bits per heavy atom. The van der Waals surface area contributed by atoms with Gasteiger partial charge < -0.3 is 19.9 Å². The van der Waals surface area contributed by atoms with Gasteiger partial charge in [0.2, 0.25) is 5.91 Å². The van der Waals surface area contributed by atoms with Crippen molar-refractivity contribution in [1.82, 2.24) is 15.1 Å². The minimum Gasteiger partial charge on any atom is -0.381 e. The highest BCUT2D eigenvalue weighted by Crippen LogP contribution is 2.17. The molecule has 2 fully saturated rings. The predicted molar refractivity (Wildman–Crippen MR) is 113 cm³/mol. The fourth-order valence-electron chi connectivity index (χ4n) is 3.54. The summed E-state index contributed by atoms with van der Waals surface area (Å²) in [6.07, 6.45) is 5.12. The van der Waals surface area contributed by atoms with Gasteiger partial charge in [-0.15, -0.1) is 24.0 Å². The van der Waals surface area contributed by atoms with Gasteiger partial charge in [-0.2, -0.15) is 0 Å². The molecule has 2 atom stereocenters. The lowest BCUT2D eigenvalue weighted by molar-refractivity contribution is -0.134. The molecule has 25 heavy (non-hydrogen) atoms. The van der Waals surface area contributed by atoms with Crippen molar-refractivity contribution in [2.24, 2.45) is 10.9 Å². The van der Waals surface area contributed by atoms with E-state index >= 15 is 0 Å². The molecule has 0 bridgehead atoms. The molecule has 0 aliphatic carbocycles. The number of halogens is 1. The van der Waals surface area contributed by atoms with E-state index in [4.69, 9.17) is 4.74 Å². The van der Waals surface area contributed by atoms with E-state index in [0.29, 0.717) is 24.9 Å². The second kappa shape index (κ2) is 11.9. The number of rotatable bonds is 6. The van der Waals surface area contributed by atoms with Gasteiger partial charge in [-0.3, -0.25) is 9.79 Å². The number of amides is 1. The molecule has 0 aromatic heterocycles. The number of hydrogen-bond acceptors (Lipinski definition) is 3. The quantitative estimate of drug-likeness (QED) is 0.371. The highest BCUT2D eigenvalue weighted by Gasteiger charge is 2.23. The maximum atomic E-state index is 12.4. The third kappa shape index (κ3) is 7.29. The minimum absolute atomic E-state index is 0. The number of carbonyl (C=O) groups is 1. The van der Waals surface area contributed by atoms with Crippen LogP contribution in [0.15, 0.2) is 4.99 Å². The van der Waals surface area contributed by atoms with Crippen LogP contribution in [0.25, 0.3) is 0 Å². The Morgan fingerprint density at radius 1 is 1.36 bits per heavy atom. The molecule has 0 spiro atoms. The third-order valence-corrected chi connectivity index (χ3v) is 4.96. The molecular weight excluding hydrogens is 431 g/mol. The lowest BCUT2D eigenvalue weighted by Gasteiger charge is -2.33. The maximum Gasteiger partial charge on any atom is 0.224 e. The first-order valence-electron chi connectivity index (χ1n) is 9.48. The molecular formula is C18H35IN4O2. The predicted octanol–water partition coefficient (Wildman–Crippen LogP) is 2.33. The number of aliphatic imine (C=N–C) groups is 1. The Hall–Kier alpha value is -0.570. The lowest BCUT2D eigenvalue weighted by atomic mass is 10.0. The largest absolute Gasteiger partial charge is 0.381 e. The molecule has 0 aromatic carbocycles. The van der Waals surface area contributed by atoms with Crippen LogP contribution in [-0.2, 0) is 9.53 Å². The van der Waals surface area contributed by atoms with Gasteiger partial charge in [0.25, 0.3) is 0 Å². The van der Waals surface area contributed by atoms with Crippen LogP contribution in [0.4, 0.5) is 0 Å². The average Bonchev–Trinajstić information content (AvgIpc) is 3.07. The average molecular weight is 466 g/mol. The normalized spacial score (nSPS) is 24.0. The van der Waals surface area contributed by atoms with Crippen molar-refractivity contribution in [2.45, 2.75) is 52.0 Å². The van der Waals surface area contributed by atoms with E-state index in [2.05, 4.69) is 36.1 Å². The fourth-order valence-corrected chi connectivity index (χ4v) is 3.54. The maximum absolute atomic E-state index is 12.4. The fraction of sp³-hybridized carbons (Fsp3) is 0.889. The first kappa shape index (κ1) is 22.5. The van der Waals surface area contributed by atoms with E-state index in [1.165, 1.54) is 6.42 Å². The van der Waals surface area contributed by atoms with Gasteiger partial charge in [0.05, 0.1) is 13.2 Å². The monoisotopic (exact) mass is 466 g/mol. The number of nitrogens with zero attached hydrogens (tertiary/aromatic N) is 3. The smallest absolute Gasteiger partial charge is 0.224 e. The molecule has 0 saturated carbocycles. The summed E-state index contributed by atoms with van der Waals surface area (Å²) in [6.45, 7) is 9.18. The van der Waals surface area contributed by atoms with Crippen molar-refractivity contribution in [3.63, 3.8) is 0 Å². The summed E-state index contributed by atoms with van der Waals surface area (Å²) in [5, 5.41) is 3.33. The zero-order chi connectivity index (χ0) is 17.4. The molecule has 2 heterocycles. The molecule has 2 unspecified atom stereocenters. The van der Waals surface area contributed by atoms with Crippen LogP contribution in [0.5, 0.6) is 0 Å². The Morgan fingerprint density at radius 2 is 2.16 bits per heavy atom. The van der Waals surface area contributed by atoms with Gasteiger partial charge in [-0.05, 0) is 39.5 Å². The molecule has 1 amide bonds. The van der Waals surface area contributed by atoms with Crippen LogP contribution in [0.1, 0.15) is 46.0 Å². The zero-order valence-corrected chi connectivity index (χ0v) is 18.3. The van der Waals surface area contributed by atoms with Crippen LogP contribution in [0.2, 0.25) is 0 Å². The first-order valence-corrected chi connectivity index (χ1v) is 9.48. The van der Waals surface area contributed by atoms with Gasteiger partial charge >= 0.3 is 0 Å². The standard InChI is InChI=1S/C18H34N4O2.HI/c1-4-19-18(21(3)13-16-9-12-24-14-16)20-10-8-17(23)22-11-6-5-7-15(22)2;/h15-16H,4-14H2,1-3H3,(H,19,20);1H. The van der Waals surface area contributed by atoms with Crippen molar-refractivity contribution in [1.29, 1.82) is 0 Å². The molecule has 6 nitrogen and oxygen atoms in total. The second-order valence-corrected chi connectivity index (χ2v) is 7.03. The van der Waals surface area contributed by atoms with Crippen LogP contribution in [0.3, 0.4) is 0 Å². The van der Waals surface area contributed by atoms with Crippen LogP contribution >= 0.6 is 24.0 Å². The molecule has 0 radical (unpaired) electrons. The van der Waals surface area contributed by atoms with Gasteiger partial charge in [-0.25, -0.2) is 0 Å². The minimum atomic E-state index is 0. The molecule has 7 heteroatoms. The number of hydrogen-bond donors (Lipinski definition) is 1. The highest BCUT2D eigenvalue weighted by atomic mass is 127. The Balaban J connectivity index is 0.00000312. The molecule has 2 aliphatic rings. The van der Waals surface area contributed by atoms with Crippen molar-refractivity contribution >= 4 is 35.8 Å². The van der Waals surface area contributed by atoms with Crippen LogP contribution in [0, 0.1) is 5.92 Å². The van der Waals surface area contributed by atoms with Crippen molar-refractivity contribution in [3.05, 3.63) is 0 Å². The lowest BCUT2D eigenvalue weighted by Crippen LogP contribution is -2.43. The SMILES string of the molecule is CCNC(=NCCC(=O)N1CCCCC1C)N(C)CC1CCOC1.I. The Labute approximate surface area is 169 Å². The summed E-state index contributed by atoms with van der Waals surface area (Å²) in [4.78, 5) is 21.3. The van der Waals surface area contributed by atoms with Crippen molar-refractivity contribution in [2.75, 3.05) is 46.4 Å². The highest BCUT2D eigenvalue weighted by molar-refractivity contribution is 14.0. The van der Waals surface area contributed by atoms with Gasteiger partial charge in [0.1, 0.15) is 0 Å². The molecule has 2 saturated heterocycles. The zero-order valence-electron chi connectivity index (χ0n) is 16.0. The second-order valence-electron chi connectivity index (χ2n) is 7.03. The topological polar surface area (TPSA) is 57.2 Å². The van der Waals surface area contributed by atoms with E-state index in [9.17, 15) is 4.79 Å². The molecule has 2 aliphatic heterocycles. The number of likely N-dealkylation sites (tertiary alicyclic amines) is 1. The first-order chi connectivity index (χ1) is 11.6. The van der Waals surface area contributed by atoms with E-state index in [0.717, 1.165) is 58.1 Å². The van der Waals surface area contributed by atoms with E-state index in [-0.39, 0.29) is 29.9 Å². The molecule has 2 rings (SSSR count). The summed E-state index contributed by atoms with van der Waals surface area (Å²) in [5.41, 5.74) is 0. The number of ether oxygens (including phenoxy) is 1. The number of guanidine groups is 1. The number of piperidine rings is 1. The summed E-state index contributed by atoms with van der Waals surface area (Å²) in [7, 11) is 2.06. The van der Waals surface area contributed by atoms with Gasteiger partial charge in [0.15, 0.2) is 5.96 Å². The number of nitrogens with one attached hydrogen (secondary N) is 1. The summed E-state index contributed by atoms with van der Waals surface area (Å²) in [5.74, 6) is 1.72. The van der Waals surface area contributed by atoms with Crippen LogP contribution < -0.4 is 5.32 Å². The molecule has 146 valence electrons. The Bertz CT molecular complexity index is 427. The van der Waals surface area contributed by atoms with E-state index in [1.54, 1.807) is 0 Å². The summed E-state index contributed by atoms with van der Waals surface area (Å²) in [6, 6.07) is 0.383. The number of carbonyl (C=O) groups excluding carboxylic acids is 1. The Kier molecular flexibility index (Phi) is 10.7. The van der Waals surface area contributed by atoms with Gasteiger partial charge in [-0.1, -0.05) is 0 Å². The third-order valence-electron chi connectivity index (χ3n) is 4.96. The molecule has 0 aromatic rings. The van der Waals surface area contributed by atoms with Crippen molar-refractivity contribution < 1.29 is 9.53 Å². The van der Waals surface area contributed by atoms with Gasteiger partial charge in [0, 0.05) is 51.7 Å². The van der Waals surface area contributed by atoms with E-state index < -0.39 is 0 Å². The summed E-state index contributed by atoms with van der Waals surface area (Å²) < 4.78 is 5.45.